The Hall–Kier alpha value is -1.26. The topological polar surface area (TPSA) is 44.7 Å². The van der Waals surface area contributed by atoms with Gasteiger partial charge in [0.25, 0.3) is 0 Å². The highest BCUT2D eigenvalue weighted by molar-refractivity contribution is 5.59. The van der Waals surface area contributed by atoms with Crippen molar-refractivity contribution in [2.24, 2.45) is 0 Å². The molecule has 0 saturated carbocycles. The molecule has 2 atom stereocenters. The predicted molar refractivity (Wildman–Crippen MR) is 73.3 cm³/mol. The molecule has 18 heavy (non-hydrogen) atoms. The lowest BCUT2D eigenvalue weighted by molar-refractivity contribution is 0.236. The summed E-state index contributed by atoms with van der Waals surface area (Å²) in [6.45, 7) is 6.64. The highest BCUT2D eigenvalue weighted by Crippen LogP contribution is 2.30. The number of hydrogen-bond donors (Lipinski definition) is 2. The molecular weight excluding hydrogens is 228 g/mol. The Morgan fingerprint density at radius 1 is 1.44 bits per heavy atom. The van der Waals surface area contributed by atoms with Crippen LogP contribution in [0.25, 0.3) is 0 Å². The Balaban J connectivity index is 2.26. The Labute approximate surface area is 109 Å². The van der Waals surface area contributed by atoms with Crippen molar-refractivity contribution in [1.82, 2.24) is 5.32 Å². The quantitative estimate of drug-likeness (QED) is 0.844. The highest BCUT2D eigenvalue weighted by Gasteiger charge is 2.27. The molecule has 1 heterocycles. The largest absolute Gasteiger partial charge is 0.492 e. The minimum Gasteiger partial charge on any atom is -0.492 e. The fourth-order valence-corrected chi connectivity index (χ4v) is 2.39. The smallest absolute Gasteiger partial charge is 0.142 e. The van der Waals surface area contributed by atoms with E-state index in [-0.39, 0.29) is 12.6 Å². The second kappa shape index (κ2) is 6.07. The molecule has 4 nitrogen and oxygen atoms in total. The number of nitrogens with zero attached hydrogens (tertiary/aromatic N) is 1. The van der Waals surface area contributed by atoms with Crippen LogP contribution in [0.1, 0.15) is 13.8 Å². The van der Waals surface area contributed by atoms with Gasteiger partial charge in [0, 0.05) is 19.1 Å². The Kier molecular flexibility index (Phi) is 4.44. The molecule has 2 unspecified atom stereocenters. The first-order valence-corrected chi connectivity index (χ1v) is 6.59. The Morgan fingerprint density at radius 3 is 2.94 bits per heavy atom. The summed E-state index contributed by atoms with van der Waals surface area (Å²) < 4.78 is 5.67. The molecular formula is C14H22N2O2. The number of para-hydroxylation sites is 2. The van der Waals surface area contributed by atoms with E-state index < -0.39 is 0 Å². The molecule has 2 N–H and O–H groups in total. The summed E-state index contributed by atoms with van der Waals surface area (Å²) in [5.74, 6) is 0.896. The summed E-state index contributed by atoms with van der Waals surface area (Å²) in [6, 6.07) is 8.57. The summed E-state index contributed by atoms with van der Waals surface area (Å²) in [5.41, 5.74) is 1.08. The van der Waals surface area contributed by atoms with Crippen molar-refractivity contribution in [1.29, 1.82) is 0 Å². The molecule has 0 amide bonds. The van der Waals surface area contributed by atoms with Gasteiger partial charge in [0.05, 0.1) is 24.9 Å². The van der Waals surface area contributed by atoms with E-state index in [4.69, 9.17) is 4.74 Å². The van der Waals surface area contributed by atoms with E-state index in [0.29, 0.717) is 12.6 Å². The maximum Gasteiger partial charge on any atom is 0.142 e. The summed E-state index contributed by atoms with van der Waals surface area (Å²) in [4.78, 5) is 2.24. The van der Waals surface area contributed by atoms with E-state index in [9.17, 15) is 5.11 Å². The van der Waals surface area contributed by atoms with Crippen LogP contribution in [0.3, 0.4) is 0 Å². The molecule has 1 aromatic rings. The number of benzene rings is 1. The third kappa shape index (κ3) is 2.76. The molecule has 1 aliphatic heterocycles. The van der Waals surface area contributed by atoms with Gasteiger partial charge in [-0.2, -0.15) is 0 Å². The molecule has 0 bridgehead atoms. The van der Waals surface area contributed by atoms with Crippen molar-refractivity contribution < 1.29 is 9.84 Å². The molecule has 1 saturated heterocycles. The van der Waals surface area contributed by atoms with Gasteiger partial charge in [-0.25, -0.2) is 0 Å². The zero-order valence-corrected chi connectivity index (χ0v) is 11.1. The van der Waals surface area contributed by atoms with Crippen LogP contribution in [0.15, 0.2) is 24.3 Å². The average molecular weight is 250 g/mol. The number of rotatable bonds is 4. The fourth-order valence-electron chi connectivity index (χ4n) is 2.39. The maximum absolute atomic E-state index is 9.51. The van der Waals surface area contributed by atoms with E-state index in [1.165, 1.54) is 0 Å². The third-order valence-corrected chi connectivity index (χ3v) is 3.30. The summed E-state index contributed by atoms with van der Waals surface area (Å²) in [5, 5.41) is 12.9. The third-order valence-electron chi connectivity index (χ3n) is 3.30. The molecule has 4 heteroatoms. The van der Waals surface area contributed by atoms with E-state index in [0.717, 1.165) is 24.5 Å². The molecule has 1 aliphatic rings. The van der Waals surface area contributed by atoms with Gasteiger partial charge >= 0.3 is 0 Å². The fraction of sp³-hybridized carbons (Fsp3) is 0.571. The van der Waals surface area contributed by atoms with Gasteiger partial charge < -0.3 is 20.1 Å². The molecule has 0 radical (unpaired) electrons. The summed E-state index contributed by atoms with van der Waals surface area (Å²) >= 11 is 0. The molecule has 2 rings (SSSR count). The Bertz CT molecular complexity index is 384. The molecule has 0 aromatic heterocycles. The van der Waals surface area contributed by atoms with Crippen LogP contribution in [-0.2, 0) is 0 Å². The maximum atomic E-state index is 9.51. The normalized spacial score (nSPS) is 24.1. The van der Waals surface area contributed by atoms with Crippen LogP contribution in [-0.4, -0.2) is 43.5 Å². The van der Waals surface area contributed by atoms with E-state index in [2.05, 4.69) is 23.2 Å². The minimum atomic E-state index is 0.114. The van der Waals surface area contributed by atoms with Gasteiger partial charge in [-0.3, -0.25) is 0 Å². The molecule has 0 spiro atoms. The van der Waals surface area contributed by atoms with Gasteiger partial charge in [-0.1, -0.05) is 12.1 Å². The van der Waals surface area contributed by atoms with Crippen LogP contribution < -0.4 is 15.0 Å². The standard InChI is InChI=1S/C14H22N2O2/c1-3-18-14-7-5-4-6-13(14)16-9-11(2)15-8-12(16)10-17/h4-7,11-12,15,17H,3,8-10H2,1-2H3. The lowest BCUT2D eigenvalue weighted by Gasteiger charge is -2.40. The molecule has 100 valence electrons. The van der Waals surface area contributed by atoms with E-state index in [1.54, 1.807) is 0 Å². The van der Waals surface area contributed by atoms with Crippen LogP contribution in [0.4, 0.5) is 5.69 Å². The summed E-state index contributed by atoms with van der Waals surface area (Å²) in [6.07, 6.45) is 0. The van der Waals surface area contributed by atoms with Gasteiger partial charge in [0.15, 0.2) is 0 Å². The zero-order valence-electron chi connectivity index (χ0n) is 11.1. The van der Waals surface area contributed by atoms with Crippen LogP contribution in [0.5, 0.6) is 5.75 Å². The highest BCUT2D eigenvalue weighted by atomic mass is 16.5. The van der Waals surface area contributed by atoms with Crippen LogP contribution in [0, 0.1) is 0 Å². The lowest BCUT2D eigenvalue weighted by Crippen LogP contribution is -2.57. The number of aliphatic hydroxyl groups is 1. The van der Waals surface area contributed by atoms with Gasteiger partial charge in [0.1, 0.15) is 5.75 Å². The molecule has 0 aliphatic carbocycles. The zero-order chi connectivity index (χ0) is 13.0. The van der Waals surface area contributed by atoms with Gasteiger partial charge in [0.2, 0.25) is 0 Å². The Morgan fingerprint density at radius 2 is 2.22 bits per heavy atom. The second-order valence-electron chi connectivity index (χ2n) is 4.70. The number of nitrogens with one attached hydrogen (secondary N) is 1. The first-order chi connectivity index (χ1) is 8.76. The van der Waals surface area contributed by atoms with Crippen molar-refractivity contribution in [2.45, 2.75) is 25.9 Å². The molecule has 1 aromatic carbocycles. The predicted octanol–water partition coefficient (Wildman–Crippen LogP) is 1.24. The van der Waals surface area contributed by atoms with Crippen LogP contribution >= 0.6 is 0 Å². The van der Waals surface area contributed by atoms with E-state index in [1.807, 2.05) is 25.1 Å². The second-order valence-corrected chi connectivity index (χ2v) is 4.70. The number of ether oxygens (including phenoxy) is 1. The first kappa shape index (κ1) is 13.2. The van der Waals surface area contributed by atoms with Gasteiger partial charge in [-0.15, -0.1) is 0 Å². The van der Waals surface area contributed by atoms with Crippen molar-refractivity contribution >= 4 is 5.69 Å². The van der Waals surface area contributed by atoms with Crippen LogP contribution in [0.2, 0.25) is 0 Å². The van der Waals surface area contributed by atoms with Crippen molar-refractivity contribution in [3.63, 3.8) is 0 Å². The van der Waals surface area contributed by atoms with E-state index >= 15 is 0 Å². The minimum absolute atomic E-state index is 0.114. The summed E-state index contributed by atoms with van der Waals surface area (Å²) in [7, 11) is 0. The number of anilines is 1. The SMILES string of the molecule is CCOc1ccccc1N1CC(C)NCC1CO. The number of hydrogen-bond acceptors (Lipinski definition) is 4. The van der Waals surface area contributed by atoms with Crippen molar-refractivity contribution in [3.05, 3.63) is 24.3 Å². The van der Waals surface area contributed by atoms with Crippen molar-refractivity contribution in [2.75, 3.05) is 31.2 Å². The lowest BCUT2D eigenvalue weighted by atomic mass is 10.1. The monoisotopic (exact) mass is 250 g/mol. The first-order valence-electron chi connectivity index (χ1n) is 6.59. The van der Waals surface area contributed by atoms with Gasteiger partial charge in [-0.05, 0) is 26.0 Å². The average Bonchev–Trinajstić information content (AvgIpc) is 2.40. The number of aliphatic hydroxyl groups excluding tert-OH is 1. The molecule has 1 fully saturated rings. The van der Waals surface area contributed by atoms with Crippen molar-refractivity contribution in [3.8, 4) is 5.75 Å². The number of piperazine rings is 1.